The fourth-order valence-corrected chi connectivity index (χ4v) is 9.07. The topological polar surface area (TPSA) is 3.88 Å². The van der Waals surface area contributed by atoms with E-state index in [9.17, 15) is 0 Å². The highest BCUT2D eigenvalue weighted by Gasteiger charge is 2.37. The second-order valence-corrected chi connectivity index (χ2v) is 17.8. The predicted octanol–water partition coefficient (Wildman–Crippen LogP) is 18.5. The summed E-state index contributed by atoms with van der Waals surface area (Å²) in [4.78, 5) is 0. The van der Waals surface area contributed by atoms with Crippen molar-refractivity contribution in [3.63, 3.8) is 0 Å². The van der Waals surface area contributed by atoms with Gasteiger partial charge in [0.05, 0.1) is 0 Å². The van der Waals surface area contributed by atoms with Crippen LogP contribution in [0.1, 0.15) is 297 Å². The summed E-state index contributed by atoms with van der Waals surface area (Å²) < 4.78 is 2.69. The molecule has 1 nitrogen and oxygen atoms in total. The smallest absolute Gasteiger partial charge is 0.169 e. The Bertz CT molecular complexity index is 767. The summed E-state index contributed by atoms with van der Waals surface area (Å²) in [5.41, 5.74) is 0.328. The van der Waals surface area contributed by atoms with Crippen molar-refractivity contribution in [2.45, 2.75) is 302 Å². The summed E-state index contributed by atoms with van der Waals surface area (Å²) in [6.45, 7) is 6.96. The molecule has 1 rings (SSSR count). The first-order valence-corrected chi connectivity index (χ1v) is 25.3. The van der Waals surface area contributed by atoms with E-state index in [1.807, 2.05) is 0 Å². The van der Waals surface area contributed by atoms with Crippen molar-refractivity contribution in [2.75, 3.05) is 0 Å². The Balaban J connectivity index is 2.44. The average Bonchev–Trinajstić information content (AvgIpc) is 3.18. The monoisotopic (exact) mass is 739 g/mol. The number of hydrogen-bond donors (Lipinski definition) is 0. The molecule has 0 aliphatic carbocycles. The molecule has 0 saturated heterocycles. The summed E-state index contributed by atoms with van der Waals surface area (Å²) in [5.74, 6) is 0. The predicted molar refractivity (Wildman–Crippen MR) is 240 cm³/mol. The van der Waals surface area contributed by atoms with Crippen LogP contribution in [0.3, 0.4) is 0 Å². The summed E-state index contributed by atoms with van der Waals surface area (Å²) in [7, 11) is 0. The minimum atomic E-state index is 0.328. The van der Waals surface area contributed by atoms with Crippen molar-refractivity contribution in [3.8, 4) is 0 Å². The van der Waals surface area contributed by atoms with Crippen molar-refractivity contribution in [1.82, 2.24) is 0 Å². The highest BCUT2D eigenvalue weighted by Crippen LogP contribution is 2.32. The number of rotatable bonds is 44. The summed E-state index contributed by atoms with van der Waals surface area (Å²) in [5, 5.41) is 0. The maximum atomic E-state index is 2.69. The van der Waals surface area contributed by atoms with E-state index in [0.717, 1.165) is 0 Å². The average molecular weight is 739 g/mol. The molecule has 0 spiro atoms. The molecule has 0 aliphatic rings. The van der Waals surface area contributed by atoms with Gasteiger partial charge in [-0.1, -0.05) is 264 Å². The first kappa shape index (κ1) is 50.2. The van der Waals surface area contributed by atoms with E-state index in [2.05, 4.69) is 55.9 Å². The Morgan fingerprint density at radius 3 is 0.642 bits per heavy atom. The van der Waals surface area contributed by atoms with Crippen LogP contribution in [-0.4, -0.2) is 0 Å². The fraction of sp³-hybridized carbons (Fsp3) is 0.904. The molecule has 1 aromatic rings. The third-order valence-corrected chi connectivity index (χ3v) is 12.8. The Morgan fingerprint density at radius 2 is 0.434 bits per heavy atom. The number of aromatic nitrogens is 1. The Hall–Kier alpha value is -0.850. The van der Waals surface area contributed by atoms with Gasteiger partial charge >= 0.3 is 0 Å². The van der Waals surface area contributed by atoms with Crippen molar-refractivity contribution in [2.24, 2.45) is 0 Å². The largest absolute Gasteiger partial charge is 0.200 e. The van der Waals surface area contributed by atoms with Gasteiger partial charge in [-0.2, -0.15) is 4.57 Å². The van der Waals surface area contributed by atoms with Gasteiger partial charge < -0.3 is 0 Å². The second kappa shape index (κ2) is 40.8. The third kappa shape index (κ3) is 32.0. The van der Waals surface area contributed by atoms with E-state index < -0.39 is 0 Å². The minimum Gasteiger partial charge on any atom is -0.200 e. The maximum absolute atomic E-state index is 2.69. The van der Waals surface area contributed by atoms with E-state index >= 15 is 0 Å². The fourth-order valence-electron chi connectivity index (χ4n) is 9.07. The van der Waals surface area contributed by atoms with Crippen LogP contribution in [0.15, 0.2) is 30.6 Å². The number of hydrogen-bond acceptors (Lipinski definition) is 0. The van der Waals surface area contributed by atoms with E-state index in [4.69, 9.17) is 0 Å². The van der Waals surface area contributed by atoms with Crippen LogP contribution in [0, 0.1) is 0 Å². The normalized spacial score (nSPS) is 11.9. The quantitative estimate of drug-likeness (QED) is 0.0464. The molecule has 0 aliphatic heterocycles. The van der Waals surface area contributed by atoms with Crippen molar-refractivity contribution < 1.29 is 4.57 Å². The van der Waals surface area contributed by atoms with Gasteiger partial charge in [-0.15, -0.1) is 0 Å². The lowest BCUT2D eigenvalue weighted by atomic mass is 9.81. The minimum absolute atomic E-state index is 0.328. The molecule has 0 unspecified atom stereocenters. The highest BCUT2D eigenvalue weighted by atomic mass is 15.0. The zero-order chi connectivity index (χ0) is 38.0. The molecular weight excluding hydrogens is 639 g/mol. The first-order chi connectivity index (χ1) is 26.3. The molecule has 0 aromatic carbocycles. The second-order valence-electron chi connectivity index (χ2n) is 17.8. The summed E-state index contributed by atoms with van der Waals surface area (Å²) in [6, 6.07) is 6.82. The molecule has 312 valence electrons. The lowest BCUT2D eigenvalue weighted by molar-refractivity contribution is -0.768. The van der Waals surface area contributed by atoms with E-state index in [1.54, 1.807) is 0 Å². The van der Waals surface area contributed by atoms with Gasteiger partial charge in [-0.25, -0.2) is 0 Å². The summed E-state index contributed by atoms with van der Waals surface area (Å²) >= 11 is 0. The van der Waals surface area contributed by atoms with Gasteiger partial charge in [0.15, 0.2) is 17.9 Å². The Kier molecular flexibility index (Phi) is 38.6. The molecule has 0 fully saturated rings. The molecular formula is C52H100N+. The van der Waals surface area contributed by atoms with Crippen LogP contribution in [0.4, 0.5) is 0 Å². The van der Waals surface area contributed by atoms with Gasteiger partial charge in [-0.05, 0) is 19.3 Å². The molecule has 0 bridgehead atoms. The molecule has 0 atom stereocenters. The van der Waals surface area contributed by atoms with Crippen LogP contribution in [0.25, 0.3) is 0 Å². The van der Waals surface area contributed by atoms with Gasteiger partial charge in [0.1, 0.15) is 0 Å². The van der Waals surface area contributed by atoms with Crippen LogP contribution in [0.2, 0.25) is 0 Å². The molecule has 0 amide bonds. The molecule has 1 heterocycles. The lowest BCUT2D eigenvalue weighted by Crippen LogP contribution is -2.55. The number of nitrogens with zero attached hydrogens (tertiary/aromatic N) is 1. The van der Waals surface area contributed by atoms with Gasteiger partial charge in [0.25, 0.3) is 0 Å². The van der Waals surface area contributed by atoms with Crippen LogP contribution < -0.4 is 4.57 Å². The number of unbranched alkanes of at least 4 members (excludes halogenated alkanes) is 37. The SMILES string of the molecule is CCCCCCCCCCCCCCCCCC(CCCCCCCCCCCC)(CCCCCCCCCCCCCCCCC)[n+]1ccccc1. The highest BCUT2D eigenvalue weighted by molar-refractivity contribution is 4.86. The lowest BCUT2D eigenvalue weighted by Gasteiger charge is -2.29. The van der Waals surface area contributed by atoms with Crippen molar-refractivity contribution >= 4 is 0 Å². The van der Waals surface area contributed by atoms with Gasteiger partial charge in [-0.3, -0.25) is 0 Å². The van der Waals surface area contributed by atoms with Crippen LogP contribution in [-0.2, 0) is 5.54 Å². The van der Waals surface area contributed by atoms with E-state index in [-0.39, 0.29) is 0 Å². The Labute approximate surface area is 336 Å². The maximum Gasteiger partial charge on any atom is 0.169 e. The van der Waals surface area contributed by atoms with E-state index in [1.165, 1.54) is 276 Å². The standard InChI is InChI=1S/C52H100N/c1-4-7-10-13-16-19-22-24-26-28-30-33-36-39-43-48-52(53-50-45-41-46-51-53,47-42-38-35-32-21-18-15-12-9-6-3)49-44-40-37-34-31-29-27-25-23-20-17-14-11-8-5-2/h41,45-46,50-51H,4-40,42-44,47-49H2,1-3H3/q+1. The van der Waals surface area contributed by atoms with E-state index in [0.29, 0.717) is 5.54 Å². The zero-order valence-corrected chi connectivity index (χ0v) is 37.2. The number of pyridine rings is 1. The zero-order valence-electron chi connectivity index (χ0n) is 37.2. The van der Waals surface area contributed by atoms with Gasteiger partial charge in [0, 0.05) is 31.4 Å². The van der Waals surface area contributed by atoms with Crippen molar-refractivity contribution in [1.29, 1.82) is 0 Å². The molecule has 53 heavy (non-hydrogen) atoms. The molecule has 0 radical (unpaired) electrons. The third-order valence-electron chi connectivity index (χ3n) is 12.8. The van der Waals surface area contributed by atoms with Crippen LogP contribution in [0.5, 0.6) is 0 Å². The molecule has 1 aromatic heterocycles. The molecule has 0 saturated carbocycles. The Morgan fingerprint density at radius 1 is 0.245 bits per heavy atom. The van der Waals surface area contributed by atoms with Gasteiger partial charge in [0.2, 0.25) is 0 Å². The van der Waals surface area contributed by atoms with Crippen molar-refractivity contribution in [3.05, 3.63) is 30.6 Å². The molecule has 1 heteroatoms. The summed E-state index contributed by atoms with van der Waals surface area (Å²) in [6.07, 6.45) is 66.9. The first-order valence-electron chi connectivity index (χ1n) is 25.3. The molecule has 0 N–H and O–H groups in total. The van der Waals surface area contributed by atoms with Crippen LogP contribution >= 0.6 is 0 Å².